The van der Waals surface area contributed by atoms with E-state index in [1.54, 1.807) is 6.92 Å². The second-order valence-corrected chi connectivity index (χ2v) is 3.05. The molecule has 0 spiro atoms. The molecule has 0 aromatic carbocycles. The Morgan fingerprint density at radius 2 is 0.792 bits per heavy atom. The number of terminal acetylenes is 1. The maximum Gasteiger partial charge on any atom is 0.0723 e. The zero-order valence-corrected chi connectivity index (χ0v) is 12.8. The fourth-order valence-electron chi connectivity index (χ4n) is 0.726. The molecule has 0 amide bonds. The van der Waals surface area contributed by atoms with E-state index in [9.17, 15) is 0 Å². The molecule has 0 aromatic heterocycles. The summed E-state index contributed by atoms with van der Waals surface area (Å²) in [5, 5.41) is 0. The molecule has 102 valence electrons. The van der Waals surface area contributed by atoms with E-state index in [1.807, 2.05) is 0 Å². The highest BCUT2D eigenvalue weighted by Gasteiger charge is 1.64. The van der Waals surface area contributed by atoms with Gasteiger partial charge in [-0.2, -0.15) is 0 Å². The van der Waals surface area contributed by atoms with Gasteiger partial charge < -0.3 is 0 Å². The summed E-state index contributed by atoms with van der Waals surface area (Å²) < 4.78 is 0. The molecule has 0 radical (unpaired) electrons. The molecule has 0 saturated heterocycles. The van der Waals surface area contributed by atoms with Gasteiger partial charge in [-0.05, 0) is 113 Å². The van der Waals surface area contributed by atoms with Gasteiger partial charge in [0.05, 0.1) is 6.42 Å². The maximum atomic E-state index is 4.91. The Hall–Kier alpha value is -4.84. The summed E-state index contributed by atoms with van der Waals surface area (Å²) >= 11 is 0. The molecule has 0 atom stereocenters. The van der Waals surface area contributed by atoms with Crippen molar-refractivity contribution in [2.75, 3.05) is 0 Å². The van der Waals surface area contributed by atoms with E-state index in [2.05, 4.69) is 124 Å². The van der Waals surface area contributed by atoms with E-state index in [0.29, 0.717) is 6.42 Å². The minimum absolute atomic E-state index is 0.359. The highest BCUT2D eigenvalue weighted by Crippen LogP contribution is 1.68. The van der Waals surface area contributed by atoms with Crippen LogP contribution in [0.4, 0.5) is 0 Å². The van der Waals surface area contributed by atoms with Gasteiger partial charge in [0.25, 0.3) is 0 Å². The quantitative estimate of drug-likeness (QED) is 0.586. The molecule has 0 aliphatic heterocycles. The van der Waals surface area contributed by atoms with Gasteiger partial charge in [-0.3, -0.25) is 0 Å². The van der Waals surface area contributed by atoms with Gasteiger partial charge in [-0.15, -0.1) is 6.42 Å². The highest BCUT2D eigenvalue weighted by atomic mass is 13.7. The standard InChI is InChI=1S/C24H6/c1-3-5-7-9-11-13-15-17-19-21-23-24-22-20-18-16-14-12-10-8-6-4-2/h1H,24H2,2H3. The second kappa shape index (κ2) is 18.2. The van der Waals surface area contributed by atoms with Crippen LogP contribution in [0.1, 0.15) is 13.3 Å². The van der Waals surface area contributed by atoms with Gasteiger partial charge in [0.1, 0.15) is 0 Å². The van der Waals surface area contributed by atoms with Crippen LogP contribution in [0, 0.1) is 131 Å². The Morgan fingerprint density at radius 3 is 1.17 bits per heavy atom. The minimum Gasteiger partial charge on any atom is -0.106 e. The van der Waals surface area contributed by atoms with Crippen molar-refractivity contribution < 1.29 is 0 Å². The van der Waals surface area contributed by atoms with Crippen LogP contribution >= 0.6 is 0 Å². The van der Waals surface area contributed by atoms with Gasteiger partial charge in [0.2, 0.25) is 0 Å². The Morgan fingerprint density at radius 1 is 0.458 bits per heavy atom. The van der Waals surface area contributed by atoms with E-state index < -0.39 is 0 Å². The maximum absolute atomic E-state index is 4.91. The molecule has 0 aromatic rings. The summed E-state index contributed by atoms with van der Waals surface area (Å²) in [4.78, 5) is 0. The molecule has 0 heteroatoms. The molecule has 0 aliphatic carbocycles. The largest absolute Gasteiger partial charge is 0.106 e. The Bertz CT molecular complexity index is 1130. The molecule has 0 saturated carbocycles. The zero-order chi connectivity index (χ0) is 17.6. The third-order valence-corrected chi connectivity index (χ3v) is 1.49. The van der Waals surface area contributed by atoms with Crippen molar-refractivity contribution >= 4 is 0 Å². The van der Waals surface area contributed by atoms with Crippen LogP contribution in [0.2, 0.25) is 0 Å². The minimum atomic E-state index is 0.359. The average molecular weight is 294 g/mol. The number of hydrogen-bond acceptors (Lipinski definition) is 0. The molecule has 24 heavy (non-hydrogen) atoms. The molecule has 0 heterocycles. The van der Waals surface area contributed by atoms with E-state index in [1.165, 1.54) is 0 Å². The lowest BCUT2D eigenvalue weighted by Gasteiger charge is -1.64. The summed E-state index contributed by atoms with van der Waals surface area (Å²) in [5.41, 5.74) is 0. The molecule has 0 nitrogen and oxygen atoms in total. The lowest BCUT2D eigenvalue weighted by Crippen LogP contribution is -1.60. The van der Waals surface area contributed by atoms with Crippen LogP contribution < -0.4 is 0 Å². The van der Waals surface area contributed by atoms with Crippen molar-refractivity contribution in [3.8, 4) is 131 Å². The lowest BCUT2D eigenvalue weighted by molar-refractivity contribution is 1.57. The van der Waals surface area contributed by atoms with Gasteiger partial charge >= 0.3 is 0 Å². The molecular formula is C24H6. The Balaban J connectivity index is 4.25. The third kappa shape index (κ3) is 17.2. The first-order chi connectivity index (χ1) is 11.9. The number of hydrogen-bond donors (Lipinski definition) is 0. The molecule has 0 N–H and O–H groups in total. The van der Waals surface area contributed by atoms with E-state index >= 15 is 0 Å². The van der Waals surface area contributed by atoms with Crippen LogP contribution in [0.5, 0.6) is 0 Å². The zero-order valence-electron chi connectivity index (χ0n) is 12.8. The monoisotopic (exact) mass is 294 g/mol. The van der Waals surface area contributed by atoms with Crippen molar-refractivity contribution in [3.05, 3.63) is 0 Å². The topological polar surface area (TPSA) is 0 Å². The van der Waals surface area contributed by atoms with Crippen molar-refractivity contribution in [3.63, 3.8) is 0 Å². The van der Waals surface area contributed by atoms with Crippen LogP contribution in [-0.2, 0) is 0 Å². The second-order valence-electron chi connectivity index (χ2n) is 3.05. The predicted molar refractivity (Wildman–Crippen MR) is 96.9 cm³/mol. The molecular weight excluding hydrogens is 288 g/mol. The molecule has 0 bridgehead atoms. The third-order valence-electron chi connectivity index (χ3n) is 1.49. The van der Waals surface area contributed by atoms with Gasteiger partial charge in [-0.1, -0.05) is 17.8 Å². The normalized spacial score (nSPS) is 4.17. The number of rotatable bonds is 0. The molecule has 0 fully saturated rings. The van der Waals surface area contributed by atoms with Crippen LogP contribution in [-0.4, -0.2) is 0 Å². The molecule has 0 aliphatic rings. The smallest absolute Gasteiger partial charge is 0.0723 e. The molecule has 0 rings (SSSR count). The van der Waals surface area contributed by atoms with Crippen molar-refractivity contribution in [2.24, 2.45) is 0 Å². The van der Waals surface area contributed by atoms with E-state index in [0.717, 1.165) is 0 Å². The summed E-state index contributed by atoms with van der Waals surface area (Å²) in [6.07, 6.45) is 5.27. The SMILES string of the molecule is C#CC#CC#CC#CC#CC#CCC#CC#CC#CC#CC#CC. The summed E-state index contributed by atoms with van der Waals surface area (Å²) in [6.45, 7) is 1.70. The van der Waals surface area contributed by atoms with Crippen molar-refractivity contribution in [2.45, 2.75) is 13.3 Å². The van der Waals surface area contributed by atoms with Crippen LogP contribution in [0.3, 0.4) is 0 Å². The van der Waals surface area contributed by atoms with E-state index in [-0.39, 0.29) is 0 Å². The fraction of sp³-hybridized carbons (Fsp3) is 0.0833. The summed E-state index contributed by atoms with van der Waals surface area (Å²) in [7, 11) is 0. The molecule has 0 unspecified atom stereocenters. The van der Waals surface area contributed by atoms with Gasteiger partial charge in [0.15, 0.2) is 0 Å². The van der Waals surface area contributed by atoms with Crippen LogP contribution in [0.15, 0.2) is 0 Å². The lowest BCUT2D eigenvalue weighted by atomic mass is 10.4. The summed E-state index contributed by atoms with van der Waals surface area (Å²) in [6, 6.07) is 0. The van der Waals surface area contributed by atoms with Crippen LogP contribution in [0.25, 0.3) is 0 Å². The Labute approximate surface area is 144 Å². The first kappa shape index (κ1) is 19.2. The van der Waals surface area contributed by atoms with Gasteiger partial charge in [-0.25, -0.2) is 0 Å². The van der Waals surface area contributed by atoms with E-state index in [4.69, 9.17) is 6.42 Å². The first-order valence-corrected chi connectivity index (χ1v) is 6.25. The van der Waals surface area contributed by atoms with Crippen molar-refractivity contribution in [1.82, 2.24) is 0 Å². The predicted octanol–water partition coefficient (Wildman–Crippen LogP) is 1.06. The van der Waals surface area contributed by atoms with Gasteiger partial charge in [0, 0.05) is 0 Å². The van der Waals surface area contributed by atoms with Crippen molar-refractivity contribution in [1.29, 1.82) is 0 Å². The highest BCUT2D eigenvalue weighted by molar-refractivity contribution is 5.44. The Kier molecular flexibility index (Phi) is 14.5. The average Bonchev–Trinajstić information content (AvgIpc) is 2.60. The fourth-order valence-corrected chi connectivity index (χ4v) is 0.726. The first-order valence-electron chi connectivity index (χ1n) is 6.25. The summed E-state index contributed by atoms with van der Waals surface area (Å²) in [5.74, 6) is 53.0.